The van der Waals surface area contributed by atoms with E-state index < -0.39 is 0 Å². The molecule has 0 aliphatic carbocycles. The predicted molar refractivity (Wildman–Crippen MR) is 95.0 cm³/mol. The standard InChI is InChI=1S/C18H14ClFN2OS/c19-16-4-2-1-3-15(16)17(23)21-10-9-14-11-24-18(22-14)12-5-7-13(20)8-6-12/h1-8,11H,9-10H2,(H,21,23). The fraction of sp³-hybridized carbons (Fsp3) is 0.111. The smallest absolute Gasteiger partial charge is 0.252 e. The SMILES string of the molecule is O=C(NCCc1csc(-c2ccc(F)cc2)n1)c1ccccc1Cl. The summed E-state index contributed by atoms with van der Waals surface area (Å²) in [7, 11) is 0. The number of thiazole rings is 1. The van der Waals surface area contributed by atoms with Gasteiger partial charge in [0.2, 0.25) is 0 Å². The first-order valence-corrected chi connectivity index (χ1v) is 8.62. The largest absolute Gasteiger partial charge is 0.352 e. The lowest BCUT2D eigenvalue weighted by atomic mass is 10.2. The number of hydrogen-bond acceptors (Lipinski definition) is 3. The topological polar surface area (TPSA) is 42.0 Å². The van der Waals surface area contributed by atoms with Crippen LogP contribution in [0.1, 0.15) is 16.1 Å². The molecule has 122 valence electrons. The lowest BCUT2D eigenvalue weighted by Crippen LogP contribution is -2.26. The summed E-state index contributed by atoms with van der Waals surface area (Å²) in [4.78, 5) is 16.6. The molecule has 24 heavy (non-hydrogen) atoms. The number of nitrogens with zero attached hydrogens (tertiary/aromatic N) is 1. The Morgan fingerprint density at radius 1 is 1.17 bits per heavy atom. The third-order valence-corrected chi connectivity index (χ3v) is 4.70. The minimum Gasteiger partial charge on any atom is -0.352 e. The van der Waals surface area contributed by atoms with Crippen LogP contribution in [0.2, 0.25) is 5.02 Å². The highest BCUT2D eigenvalue weighted by Gasteiger charge is 2.09. The minimum absolute atomic E-state index is 0.199. The highest BCUT2D eigenvalue weighted by molar-refractivity contribution is 7.13. The van der Waals surface area contributed by atoms with Crippen molar-refractivity contribution in [3.05, 3.63) is 76.0 Å². The van der Waals surface area contributed by atoms with Crippen LogP contribution in [-0.4, -0.2) is 17.4 Å². The Hall–Kier alpha value is -2.24. The minimum atomic E-state index is -0.266. The summed E-state index contributed by atoms with van der Waals surface area (Å²) >= 11 is 7.50. The van der Waals surface area contributed by atoms with Gasteiger partial charge in [-0.25, -0.2) is 9.37 Å². The van der Waals surface area contributed by atoms with Crippen molar-refractivity contribution >= 4 is 28.8 Å². The maximum absolute atomic E-state index is 13.0. The van der Waals surface area contributed by atoms with Gasteiger partial charge in [0.25, 0.3) is 5.91 Å². The monoisotopic (exact) mass is 360 g/mol. The van der Waals surface area contributed by atoms with E-state index in [0.29, 0.717) is 23.6 Å². The first-order valence-electron chi connectivity index (χ1n) is 7.36. The lowest BCUT2D eigenvalue weighted by molar-refractivity contribution is 0.0954. The quantitative estimate of drug-likeness (QED) is 0.723. The van der Waals surface area contributed by atoms with Gasteiger partial charge in [-0.3, -0.25) is 4.79 Å². The molecular weight excluding hydrogens is 347 g/mol. The van der Waals surface area contributed by atoms with Gasteiger partial charge in [-0.05, 0) is 36.4 Å². The number of amides is 1. The van der Waals surface area contributed by atoms with Crippen LogP contribution in [0.4, 0.5) is 4.39 Å². The van der Waals surface area contributed by atoms with Gasteiger partial charge in [-0.1, -0.05) is 23.7 Å². The van der Waals surface area contributed by atoms with Crippen molar-refractivity contribution < 1.29 is 9.18 Å². The Kier molecular flexibility index (Phi) is 5.23. The van der Waals surface area contributed by atoms with Gasteiger partial charge >= 0.3 is 0 Å². The van der Waals surface area contributed by atoms with E-state index in [1.807, 2.05) is 5.38 Å². The molecule has 3 rings (SSSR count). The number of aromatic nitrogens is 1. The Bertz CT molecular complexity index is 848. The van der Waals surface area contributed by atoms with Crippen LogP contribution in [-0.2, 0) is 6.42 Å². The van der Waals surface area contributed by atoms with Gasteiger partial charge in [0, 0.05) is 23.9 Å². The van der Waals surface area contributed by atoms with Gasteiger partial charge in [0.05, 0.1) is 16.3 Å². The van der Waals surface area contributed by atoms with Crippen molar-refractivity contribution in [1.82, 2.24) is 10.3 Å². The summed E-state index contributed by atoms with van der Waals surface area (Å²) in [6.45, 7) is 0.469. The number of halogens is 2. The molecule has 6 heteroatoms. The number of rotatable bonds is 5. The number of benzene rings is 2. The molecule has 1 aromatic heterocycles. The molecule has 1 amide bonds. The summed E-state index contributed by atoms with van der Waals surface area (Å²) in [5, 5.41) is 6.05. The summed E-state index contributed by atoms with van der Waals surface area (Å²) < 4.78 is 13.0. The van der Waals surface area contributed by atoms with Crippen molar-refractivity contribution in [2.75, 3.05) is 6.54 Å². The second-order valence-electron chi connectivity index (χ2n) is 5.14. The lowest BCUT2D eigenvalue weighted by Gasteiger charge is -2.05. The summed E-state index contributed by atoms with van der Waals surface area (Å²) in [5.41, 5.74) is 2.23. The summed E-state index contributed by atoms with van der Waals surface area (Å²) in [6.07, 6.45) is 0.619. The van der Waals surface area contributed by atoms with Crippen LogP contribution in [0.25, 0.3) is 10.6 Å². The molecule has 3 aromatic rings. The molecule has 0 saturated heterocycles. The van der Waals surface area contributed by atoms with E-state index in [1.54, 1.807) is 36.4 Å². The van der Waals surface area contributed by atoms with Gasteiger partial charge in [0.1, 0.15) is 10.8 Å². The van der Waals surface area contributed by atoms with Gasteiger partial charge in [0.15, 0.2) is 0 Å². The Morgan fingerprint density at radius 3 is 2.67 bits per heavy atom. The molecule has 0 saturated carbocycles. The van der Waals surface area contributed by atoms with Crippen LogP contribution in [0, 0.1) is 5.82 Å². The summed E-state index contributed by atoms with van der Waals surface area (Å²) in [5.74, 6) is -0.465. The van der Waals surface area contributed by atoms with E-state index in [4.69, 9.17) is 11.6 Å². The zero-order valence-electron chi connectivity index (χ0n) is 12.6. The maximum Gasteiger partial charge on any atom is 0.252 e. The first kappa shape index (κ1) is 16.6. The Labute approximate surface area is 148 Å². The van der Waals surface area contributed by atoms with Gasteiger partial charge < -0.3 is 5.32 Å². The molecule has 0 fully saturated rings. The van der Waals surface area contributed by atoms with Crippen LogP contribution in [0.3, 0.4) is 0 Å². The number of nitrogens with one attached hydrogen (secondary N) is 1. The molecule has 1 heterocycles. The van der Waals surface area contributed by atoms with Crippen LogP contribution < -0.4 is 5.32 Å². The molecule has 0 unspecified atom stereocenters. The molecule has 0 aliphatic rings. The van der Waals surface area contributed by atoms with Crippen molar-refractivity contribution in [3.8, 4) is 10.6 Å². The Balaban J connectivity index is 1.57. The normalized spacial score (nSPS) is 10.6. The molecule has 0 atom stereocenters. The van der Waals surface area contributed by atoms with Crippen LogP contribution in [0.5, 0.6) is 0 Å². The summed E-state index contributed by atoms with van der Waals surface area (Å²) in [6, 6.07) is 13.2. The van der Waals surface area contributed by atoms with E-state index in [0.717, 1.165) is 16.3 Å². The second kappa shape index (κ2) is 7.55. The zero-order chi connectivity index (χ0) is 16.9. The third-order valence-electron chi connectivity index (χ3n) is 3.43. The van der Waals surface area contributed by atoms with E-state index >= 15 is 0 Å². The highest BCUT2D eigenvalue weighted by Crippen LogP contribution is 2.24. The van der Waals surface area contributed by atoms with Gasteiger partial charge in [-0.15, -0.1) is 11.3 Å². The fourth-order valence-electron chi connectivity index (χ4n) is 2.19. The van der Waals surface area contributed by atoms with Crippen molar-refractivity contribution in [2.45, 2.75) is 6.42 Å². The molecule has 3 nitrogen and oxygen atoms in total. The molecular formula is C18H14ClFN2OS. The number of hydrogen-bond donors (Lipinski definition) is 1. The number of carbonyl (C=O) groups excluding carboxylic acids is 1. The molecule has 0 radical (unpaired) electrons. The van der Waals surface area contributed by atoms with Crippen molar-refractivity contribution in [3.63, 3.8) is 0 Å². The third kappa shape index (κ3) is 3.99. The first-order chi connectivity index (χ1) is 11.6. The van der Waals surface area contributed by atoms with E-state index in [2.05, 4.69) is 10.3 Å². The molecule has 1 N–H and O–H groups in total. The van der Waals surface area contributed by atoms with E-state index in [9.17, 15) is 9.18 Å². The molecule has 0 bridgehead atoms. The van der Waals surface area contributed by atoms with Crippen LogP contribution >= 0.6 is 22.9 Å². The fourth-order valence-corrected chi connectivity index (χ4v) is 3.27. The van der Waals surface area contributed by atoms with E-state index in [-0.39, 0.29) is 11.7 Å². The molecule has 0 aliphatic heterocycles. The van der Waals surface area contributed by atoms with Crippen molar-refractivity contribution in [2.24, 2.45) is 0 Å². The second-order valence-corrected chi connectivity index (χ2v) is 6.40. The molecule has 2 aromatic carbocycles. The highest BCUT2D eigenvalue weighted by atomic mass is 35.5. The Morgan fingerprint density at radius 2 is 1.92 bits per heavy atom. The average molecular weight is 361 g/mol. The maximum atomic E-state index is 13.0. The van der Waals surface area contributed by atoms with Crippen molar-refractivity contribution in [1.29, 1.82) is 0 Å². The molecule has 0 spiro atoms. The van der Waals surface area contributed by atoms with Gasteiger partial charge in [-0.2, -0.15) is 0 Å². The average Bonchev–Trinajstić information content (AvgIpc) is 3.04. The van der Waals surface area contributed by atoms with E-state index in [1.165, 1.54) is 23.5 Å². The van der Waals surface area contributed by atoms with Crippen LogP contribution in [0.15, 0.2) is 53.9 Å². The number of carbonyl (C=O) groups is 1. The predicted octanol–water partition coefficient (Wildman–Crippen LogP) is 4.58. The zero-order valence-corrected chi connectivity index (χ0v) is 14.2.